The molecular weight excluding hydrogens is 366 g/mol. The third-order valence-corrected chi connectivity index (χ3v) is 4.64. The van der Waals surface area contributed by atoms with Crippen molar-refractivity contribution in [1.82, 2.24) is 5.32 Å². The van der Waals surface area contributed by atoms with Crippen molar-refractivity contribution in [1.29, 1.82) is 0 Å². The highest BCUT2D eigenvalue weighted by molar-refractivity contribution is 5.96. The summed E-state index contributed by atoms with van der Waals surface area (Å²) >= 11 is 0. The molecule has 3 amide bonds. The molecule has 6 nitrogen and oxygen atoms in total. The molecule has 146 valence electrons. The van der Waals surface area contributed by atoms with Gasteiger partial charge in [-0.3, -0.25) is 9.69 Å². The molecule has 3 aromatic rings. The highest BCUT2D eigenvalue weighted by atomic mass is 16.5. The fraction of sp³-hybridized carbons (Fsp3) is 0.130. The van der Waals surface area contributed by atoms with Crippen molar-refractivity contribution in [3.63, 3.8) is 0 Å². The van der Waals surface area contributed by atoms with Crippen molar-refractivity contribution in [3.8, 4) is 5.75 Å². The fourth-order valence-corrected chi connectivity index (χ4v) is 3.19. The number of urea groups is 1. The Morgan fingerprint density at radius 2 is 1.59 bits per heavy atom. The Labute approximate surface area is 169 Å². The summed E-state index contributed by atoms with van der Waals surface area (Å²) in [5.74, 6) is 0.346. The molecule has 1 aliphatic rings. The molecule has 0 bridgehead atoms. The summed E-state index contributed by atoms with van der Waals surface area (Å²) in [5, 5.41) is 5.68. The van der Waals surface area contributed by atoms with Gasteiger partial charge in [-0.2, -0.15) is 0 Å². The molecule has 6 heteroatoms. The molecule has 0 aromatic heterocycles. The lowest BCUT2D eigenvalue weighted by Crippen LogP contribution is -2.27. The molecule has 0 saturated carbocycles. The molecule has 3 aromatic carbocycles. The molecule has 0 spiro atoms. The molecule has 1 aliphatic heterocycles. The van der Waals surface area contributed by atoms with Crippen molar-refractivity contribution in [2.75, 3.05) is 23.3 Å². The number of amides is 3. The quantitative estimate of drug-likeness (QED) is 0.672. The minimum atomic E-state index is -0.789. The van der Waals surface area contributed by atoms with Crippen molar-refractivity contribution in [2.24, 2.45) is 0 Å². The van der Waals surface area contributed by atoms with Gasteiger partial charge in [0.05, 0.1) is 0 Å². The van der Waals surface area contributed by atoms with Crippen LogP contribution in [0.2, 0.25) is 0 Å². The van der Waals surface area contributed by atoms with Gasteiger partial charge < -0.3 is 15.4 Å². The first-order chi connectivity index (χ1) is 14.2. The summed E-state index contributed by atoms with van der Waals surface area (Å²) in [6.07, 6.45) is -0.789. The van der Waals surface area contributed by atoms with Crippen LogP contribution in [-0.2, 0) is 4.79 Å². The van der Waals surface area contributed by atoms with Gasteiger partial charge in [0.2, 0.25) is 6.10 Å². The number of ether oxygens (including phenoxy) is 1. The fourth-order valence-electron chi connectivity index (χ4n) is 3.19. The van der Waals surface area contributed by atoms with Crippen LogP contribution in [0.1, 0.15) is 11.7 Å². The number of benzene rings is 3. The number of hydrogen-bond acceptors (Lipinski definition) is 3. The molecule has 4 rings (SSSR count). The standard InChI is InChI=1S/C23H21N3O3/c27-22(25-18-11-13-19(14-12-18)26-16-15-24-23(26)28)21(17-7-3-1-4-8-17)29-20-9-5-2-6-10-20/h1-14,21H,15-16H2,(H,24,28)(H,25,27). The second kappa shape index (κ2) is 8.48. The Bertz CT molecular complexity index is 975. The molecule has 1 heterocycles. The minimum Gasteiger partial charge on any atom is -0.476 e. The van der Waals surface area contributed by atoms with E-state index < -0.39 is 6.10 Å². The summed E-state index contributed by atoms with van der Waals surface area (Å²) in [6.45, 7) is 1.26. The molecule has 29 heavy (non-hydrogen) atoms. The SMILES string of the molecule is O=C(Nc1ccc(N2CCNC2=O)cc1)C(Oc1ccccc1)c1ccccc1. The van der Waals surface area contributed by atoms with Gasteiger partial charge in [0, 0.05) is 30.0 Å². The average molecular weight is 387 g/mol. The zero-order valence-corrected chi connectivity index (χ0v) is 15.7. The van der Waals surface area contributed by atoms with E-state index in [2.05, 4.69) is 10.6 Å². The van der Waals surface area contributed by atoms with E-state index in [1.54, 1.807) is 17.0 Å². The molecule has 1 unspecified atom stereocenters. The van der Waals surface area contributed by atoms with E-state index >= 15 is 0 Å². The molecule has 0 radical (unpaired) electrons. The zero-order chi connectivity index (χ0) is 20.1. The Balaban J connectivity index is 1.51. The Kier molecular flexibility index (Phi) is 5.42. The van der Waals surface area contributed by atoms with Gasteiger partial charge in [-0.15, -0.1) is 0 Å². The second-order valence-corrected chi connectivity index (χ2v) is 6.64. The van der Waals surface area contributed by atoms with Gasteiger partial charge in [0.1, 0.15) is 5.75 Å². The molecule has 1 saturated heterocycles. The summed E-state index contributed by atoms with van der Waals surface area (Å²) in [4.78, 5) is 26.4. The summed E-state index contributed by atoms with van der Waals surface area (Å²) in [7, 11) is 0. The van der Waals surface area contributed by atoms with Gasteiger partial charge in [0.25, 0.3) is 5.91 Å². The van der Waals surface area contributed by atoms with Crippen LogP contribution in [0.15, 0.2) is 84.9 Å². The van der Waals surface area contributed by atoms with Crippen LogP contribution in [0.25, 0.3) is 0 Å². The summed E-state index contributed by atoms with van der Waals surface area (Å²) in [6, 6.07) is 25.7. The number of carbonyl (C=O) groups is 2. The maximum absolute atomic E-state index is 13.0. The smallest absolute Gasteiger partial charge is 0.321 e. The van der Waals surface area contributed by atoms with Gasteiger partial charge in [0.15, 0.2) is 0 Å². The second-order valence-electron chi connectivity index (χ2n) is 6.64. The van der Waals surface area contributed by atoms with E-state index in [4.69, 9.17) is 4.74 Å². The predicted molar refractivity (Wildman–Crippen MR) is 112 cm³/mol. The number of anilines is 2. The van der Waals surface area contributed by atoms with Gasteiger partial charge in [-0.1, -0.05) is 48.5 Å². The lowest BCUT2D eigenvalue weighted by Gasteiger charge is -2.20. The van der Waals surface area contributed by atoms with E-state index in [-0.39, 0.29) is 11.9 Å². The van der Waals surface area contributed by atoms with E-state index in [1.807, 2.05) is 72.8 Å². The highest BCUT2D eigenvalue weighted by Crippen LogP contribution is 2.25. The number of hydrogen-bond donors (Lipinski definition) is 2. The first-order valence-corrected chi connectivity index (χ1v) is 9.44. The monoisotopic (exact) mass is 387 g/mol. The van der Waals surface area contributed by atoms with E-state index in [0.717, 1.165) is 11.3 Å². The summed E-state index contributed by atoms with van der Waals surface area (Å²) < 4.78 is 5.98. The molecular formula is C23H21N3O3. The lowest BCUT2D eigenvalue weighted by molar-refractivity contribution is -0.123. The highest BCUT2D eigenvalue weighted by Gasteiger charge is 2.24. The summed E-state index contributed by atoms with van der Waals surface area (Å²) in [5.41, 5.74) is 2.19. The minimum absolute atomic E-state index is 0.109. The predicted octanol–water partition coefficient (Wildman–Crippen LogP) is 3.98. The van der Waals surface area contributed by atoms with Crippen molar-refractivity contribution in [2.45, 2.75) is 6.10 Å². The van der Waals surface area contributed by atoms with Crippen molar-refractivity contribution >= 4 is 23.3 Å². The first kappa shape index (κ1) is 18.6. The van der Waals surface area contributed by atoms with Crippen LogP contribution in [-0.4, -0.2) is 25.0 Å². The van der Waals surface area contributed by atoms with E-state index in [0.29, 0.717) is 24.5 Å². The van der Waals surface area contributed by atoms with Gasteiger partial charge >= 0.3 is 6.03 Å². The topological polar surface area (TPSA) is 70.7 Å². The largest absolute Gasteiger partial charge is 0.476 e. The Hall–Kier alpha value is -3.80. The van der Waals surface area contributed by atoms with Crippen molar-refractivity contribution < 1.29 is 14.3 Å². The zero-order valence-electron chi connectivity index (χ0n) is 15.7. The normalized spacial score (nSPS) is 14.2. The van der Waals surface area contributed by atoms with Crippen LogP contribution >= 0.6 is 0 Å². The van der Waals surface area contributed by atoms with Crippen LogP contribution in [0, 0.1) is 0 Å². The molecule has 1 fully saturated rings. The van der Waals surface area contributed by atoms with E-state index in [9.17, 15) is 9.59 Å². The Morgan fingerprint density at radius 3 is 2.21 bits per heavy atom. The number of para-hydroxylation sites is 1. The van der Waals surface area contributed by atoms with Crippen LogP contribution in [0.5, 0.6) is 5.75 Å². The first-order valence-electron chi connectivity index (χ1n) is 9.44. The number of nitrogens with one attached hydrogen (secondary N) is 2. The number of nitrogens with zero attached hydrogens (tertiary/aromatic N) is 1. The lowest BCUT2D eigenvalue weighted by atomic mass is 10.1. The van der Waals surface area contributed by atoms with Crippen LogP contribution in [0.3, 0.4) is 0 Å². The average Bonchev–Trinajstić information content (AvgIpc) is 3.20. The molecule has 1 atom stereocenters. The van der Waals surface area contributed by atoms with Gasteiger partial charge in [-0.25, -0.2) is 4.79 Å². The van der Waals surface area contributed by atoms with Gasteiger partial charge in [-0.05, 0) is 36.4 Å². The van der Waals surface area contributed by atoms with Crippen LogP contribution < -0.4 is 20.3 Å². The third-order valence-electron chi connectivity index (χ3n) is 4.64. The maximum Gasteiger partial charge on any atom is 0.321 e. The third kappa shape index (κ3) is 4.38. The Morgan fingerprint density at radius 1 is 0.931 bits per heavy atom. The molecule has 2 N–H and O–H groups in total. The van der Waals surface area contributed by atoms with Crippen LogP contribution in [0.4, 0.5) is 16.2 Å². The number of carbonyl (C=O) groups excluding carboxylic acids is 2. The van der Waals surface area contributed by atoms with Crippen molar-refractivity contribution in [3.05, 3.63) is 90.5 Å². The molecule has 0 aliphatic carbocycles. The number of rotatable bonds is 6. The van der Waals surface area contributed by atoms with E-state index in [1.165, 1.54) is 0 Å². The maximum atomic E-state index is 13.0.